The maximum atomic E-state index is 12.3. The number of hydrogen-bond donors (Lipinski definition) is 1. The van der Waals surface area contributed by atoms with E-state index in [-0.39, 0.29) is 18.2 Å². The van der Waals surface area contributed by atoms with Gasteiger partial charge < -0.3 is 15.0 Å². The van der Waals surface area contributed by atoms with E-state index >= 15 is 0 Å². The molecule has 2 aromatic rings. The summed E-state index contributed by atoms with van der Waals surface area (Å²) >= 11 is 0. The van der Waals surface area contributed by atoms with Crippen molar-refractivity contribution in [3.63, 3.8) is 0 Å². The Labute approximate surface area is 159 Å². The predicted octanol–water partition coefficient (Wildman–Crippen LogP) is 1.22. The van der Waals surface area contributed by atoms with Crippen LogP contribution in [0.15, 0.2) is 12.1 Å². The number of carbonyl (C=O) groups excluding carboxylic acids is 2. The molecule has 148 valence electrons. The zero-order valence-electron chi connectivity index (χ0n) is 16.6. The number of nitrogens with one attached hydrogen (secondary N) is 1. The van der Waals surface area contributed by atoms with Gasteiger partial charge in [-0.05, 0) is 31.9 Å². The molecule has 0 radical (unpaired) electrons. The Hall–Kier alpha value is -2.71. The van der Waals surface area contributed by atoms with Crippen molar-refractivity contribution in [2.45, 2.75) is 46.6 Å². The number of esters is 1. The molecule has 0 saturated carbocycles. The minimum Gasteiger partial charge on any atom is -0.467 e. The molecule has 1 N–H and O–H groups in total. The van der Waals surface area contributed by atoms with Crippen molar-refractivity contribution in [1.82, 2.24) is 25.1 Å². The van der Waals surface area contributed by atoms with Crippen LogP contribution >= 0.6 is 0 Å². The summed E-state index contributed by atoms with van der Waals surface area (Å²) in [5.41, 5.74) is 0.635. The molecule has 0 fully saturated rings. The molecule has 0 bridgehead atoms. The summed E-state index contributed by atoms with van der Waals surface area (Å²) < 4.78 is 6.41. The maximum absolute atomic E-state index is 12.3. The van der Waals surface area contributed by atoms with Crippen LogP contribution in [0.5, 0.6) is 0 Å². The number of fused-ring (bicyclic) bond motifs is 1. The van der Waals surface area contributed by atoms with Crippen LogP contribution in [0.1, 0.15) is 39.9 Å². The number of carbonyl (C=O) groups is 2. The van der Waals surface area contributed by atoms with Crippen LogP contribution in [0, 0.1) is 5.92 Å². The van der Waals surface area contributed by atoms with E-state index in [0.717, 1.165) is 18.9 Å². The molecule has 0 aliphatic carbocycles. The van der Waals surface area contributed by atoms with Gasteiger partial charge in [-0.25, -0.2) is 4.79 Å². The molecule has 2 aromatic heterocycles. The van der Waals surface area contributed by atoms with Crippen molar-refractivity contribution < 1.29 is 14.3 Å². The highest BCUT2D eigenvalue weighted by atomic mass is 16.5. The van der Waals surface area contributed by atoms with Crippen LogP contribution in [-0.4, -0.2) is 57.9 Å². The third kappa shape index (κ3) is 4.93. The van der Waals surface area contributed by atoms with Gasteiger partial charge in [0.25, 0.3) is 0 Å². The lowest BCUT2D eigenvalue weighted by molar-refractivity contribution is -0.146. The van der Waals surface area contributed by atoms with E-state index in [9.17, 15) is 9.59 Å². The fourth-order valence-electron chi connectivity index (χ4n) is 2.79. The second kappa shape index (κ2) is 9.29. The highest BCUT2D eigenvalue weighted by Crippen LogP contribution is 2.13. The molecule has 0 spiro atoms. The summed E-state index contributed by atoms with van der Waals surface area (Å²) in [6, 6.07) is 3.12. The van der Waals surface area contributed by atoms with Crippen LogP contribution in [0.3, 0.4) is 0 Å². The minimum absolute atomic E-state index is 0.0615. The number of aromatic nitrogens is 4. The molecule has 1 amide bonds. The van der Waals surface area contributed by atoms with E-state index in [0.29, 0.717) is 17.9 Å². The van der Waals surface area contributed by atoms with Gasteiger partial charge in [0, 0.05) is 25.9 Å². The van der Waals surface area contributed by atoms with Crippen molar-refractivity contribution in [1.29, 1.82) is 0 Å². The molecule has 0 aliphatic heterocycles. The maximum Gasteiger partial charge on any atom is 0.328 e. The summed E-state index contributed by atoms with van der Waals surface area (Å²) in [4.78, 5) is 26.2. The molecule has 0 unspecified atom stereocenters. The Bertz CT molecular complexity index is 784. The molecule has 0 aliphatic rings. The van der Waals surface area contributed by atoms with E-state index in [4.69, 9.17) is 4.74 Å². The summed E-state index contributed by atoms with van der Waals surface area (Å²) in [6.07, 6.45) is 0.547. The van der Waals surface area contributed by atoms with E-state index in [1.54, 1.807) is 4.52 Å². The monoisotopic (exact) mass is 376 g/mol. The second-order valence-corrected chi connectivity index (χ2v) is 6.56. The molecule has 27 heavy (non-hydrogen) atoms. The number of nitrogens with zero attached hydrogens (tertiary/aromatic N) is 5. The van der Waals surface area contributed by atoms with Crippen molar-refractivity contribution in [2.24, 2.45) is 5.92 Å². The molecule has 2 heterocycles. The third-order valence-electron chi connectivity index (χ3n) is 4.41. The predicted molar refractivity (Wildman–Crippen MR) is 101 cm³/mol. The molecular weight excluding hydrogens is 348 g/mol. The van der Waals surface area contributed by atoms with Crippen LogP contribution in [0.25, 0.3) is 5.65 Å². The lowest BCUT2D eigenvalue weighted by Gasteiger charge is -2.20. The normalized spacial score (nSPS) is 12.2. The molecular formula is C18H28N6O3. The summed E-state index contributed by atoms with van der Waals surface area (Å²) in [6.45, 7) is 9.54. The smallest absolute Gasteiger partial charge is 0.328 e. The fourth-order valence-corrected chi connectivity index (χ4v) is 2.79. The minimum atomic E-state index is -0.662. The average molecular weight is 376 g/mol. The number of ether oxygens (including phenoxy) is 1. The highest BCUT2D eigenvalue weighted by Gasteiger charge is 2.25. The van der Waals surface area contributed by atoms with Gasteiger partial charge in [0.05, 0.1) is 7.11 Å². The largest absolute Gasteiger partial charge is 0.467 e. The van der Waals surface area contributed by atoms with Crippen molar-refractivity contribution in [3.05, 3.63) is 18.0 Å². The Morgan fingerprint density at radius 2 is 1.93 bits per heavy atom. The van der Waals surface area contributed by atoms with Gasteiger partial charge in [0.15, 0.2) is 11.5 Å². The van der Waals surface area contributed by atoms with E-state index in [2.05, 4.69) is 39.4 Å². The van der Waals surface area contributed by atoms with Gasteiger partial charge in [0.1, 0.15) is 11.9 Å². The van der Waals surface area contributed by atoms with Gasteiger partial charge in [-0.3, -0.25) is 4.79 Å². The van der Waals surface area contributed by atoms with Gasteiger partial charge in [-0.2, -0.15) is 4.52 Å². The first kappa shape index (κ1) is 20.6. The van der Waals surface area contributed by atoms with E-state index < -0.39 is 12.0 Å². The number of anilines is 1. The molecule has 9 heteroatoms. The van der Waals surface area contributed by atoms with Crippen LogP contribution < -0.4 is 10.2 Å². The quantitative estimate of drug-likeness (QED) is 0.657. The van der Waals surface area contributed by atoms with Crippen molar-refractivity contribution in [2.75, 3.05) is 25.1 Å². The van der Waals surface area contributed by atoms with Crippen LogP contribution in [-0.2, 0) is 20.7 Å². The molecule has 2 rings (SSSR count). The van der Waals surface area contributed by atoms with Crippen molar-refractivity contribution >= 4 is 23.3 Å². The summed E-state index contributed by atoms with van der Waals surface area (Å²) in [5.74, 6) is 0.693. The number of hydrogen-bond acceptors (Lipinski definition) is 7. The van der Waals surface area contributed by atoms with Gasteiger partial charge in [-0.1, -0.05) is 13.8 Å². The first-order valence-corrected chi connectivity index (χ1v) is 9.24. The molecule has 0 saturated heterocycles. The Morgan fingerprint density at radius 3 is 2.52 bits per heavy atom. The average Bonchev–Trinajstić information content (AvgIpc) is 3.07. The van der Waals surface area contributed by atoms with Gasteiger partial charge >= 0.3 is 5.97 Å². The number of amides is 1. The zero-order chi connectivity index (χ0) is 20.0. The SMILES string of the molecule is CCN(CC)c1ccc2nnc(CCC(=O)N[C@@H](C(=O)OC)C(C)C)n2n1. The fraction of sp³-hybridized carbons (Fsp3) is 0.611. The number of methoxy groups -OCH3 is 1. The summed E-state index contributed by atoms with van der Waals surface area (Å²) in [7, 11) is 1.31. The van der Waals surface area contributed by atoms with E-state index in [1.807, 2.05) is 26.0 Å². The molecule has 9 nitrogen and oxygen atoms in total. The third-order valence-corrected chi connectivity index (χ3v) is 4.41. The Morgan fingerprint density at radius 1 is 1.22 bits per heavy atom. The standard InChI is InChI=1S/C18H28N6O3/c1-6-23(7-2)15-9-8-13-20-21-14(24(13)22-15)10-11-16(25)19-17(12(3)4)18(26)27-5/h8-9,12,17H,6-7,10-11H2,1-5H3,(H,19,25)/t17-/m1/s1. The lowest BCUT2D eigenvalue weighted by Crippen LogP contribution is -2.45. The van der Waals surface area contributed by atoms with Crippen LogP contribution in [0.4, 0.5) is 5.82 Å². The first-order chi connectivity index (χ1) is 12.9. The number of rotatable bonds is 9. The Balaban J connectivity index is 2.08. The lowest BCUT2D eigenvalue weighted by atomic mass is 10.0. The topological polar surface area (TPSA) is 102 Å². The zero-order valence-corrected chi connectivity index (χ0v) is 16.6. The Kier molecular flexibility index (Phi) is 7.09. The summed E-state index contributed by atoms with van der Waals surface area (Å²) in [5, 5.41) is 15.6. The van der Waals surface area contributed by atoms with Crippen LogP contribution in [0.2, 0.25) is 0 Å². The van der Waals surface area contributed by atoms with Gasteiger partial charge in [-0.15, -0.1) is 15.3 Å². The van der Waals surface area contributed by atoms with Crippen molar-refractivity contribution in [3.8, 4) is 0 Å². The highest BCUT2D eigenvalue weighted by molar-refractivity contribution is 5.84. The molecule has 1 atom stereocenters. The van der Waals surface area contributed by atoms with Gasteiger partial charge in [0.2, 0.25) is 5.91 Å². The first-order valence-electron chi connectivity index (χ1n) is 9.24. The van der Waals surface area contributed by atoms with E-state index in [1.165, 1.54) is 7.11 Å². The second-order valence-electron chi connectivity index (χ2n) is 6.56. The number of aryl methyl sites for hydroxylation is 1. The molecule has 0 aromatic carbocycles.